The maximum Gasteiger partial charge on any atom is 0.187 e. The van der Waals surface area contributed by atoms with Gasteiger partial charge in [-0.25, -0.2) is 0 Å². The van der Waals surface area contributed by atoms with Gasteiger partial charge in [0, 0.05) is 6.54 Å². The Balaban J connectivity index is 1.09. The summed E-state index contributed by atoms with van der Waals surface area (Å²) in [7, 11) is 0. The Bertz CT molecular complexity index is 1880. The molecule has 35 atom stereocenters. The van der Waals surface area contributed by atoms with Crippen LogP contribution in [0.25, 0.3) is 0 Å². The van der Waals surface area contributed by atoms with E-state index in [1.165, 1.54) is 0 Å². The predicted octanol–water partition coefficient (Wildman–Crippen LogP) is -15.2. The Morgan fingerprint density at radius 1 is 0.237 bits per heavy atom. The van der Waals surface area contributed by atoms with Crippen LogP contribution in [0.15, 0.2) is 0 Å². The lowest BCUT2D eigenvalue weighted by Crippen LogP contribution is -2.68. The van der Waals surface area contributed by atoms with Crippen LogP contribution in [0.3, 0.4) is 0 Å². The van der Waals surface area contributed by atoms with Gasteiger partial charge in [-0.1, -0.05) is 0 Å². The van der Waals surface area contributed by atoms with Gasteiger partial charge < -0.3 is 179 Å². The average Bonchev–Trinajstić information content (AvgIpc) is 3.54. The molecule has 0 radical (unpaired) electrons. The summed E-state index contributed by atoms with van der Waals surface area (Å²) in [5.74, 6) is 0. The molecule has 15 aliphatic rings. The normalized spacial score (nSPS) is 53.7. The number of aliphatic hydroxyl groups is 20. The SMILES string of the molecule is NCCO[C@H]1[C@H]2O[C@H]3[C@@H](O)[C@H](O)[C@@H](O[C@H]4[C@@H](O)[C@H](O)[C@@H](O[C@H]5[C@@H](O)[C@H](O)[C@@H](O[C@H]6[C@H](O)[C@@H](O)[C@@H](O[C@H]7[C@H](O)[C@@H](O)[C@@H](O[C@H]8[C@H](O)[C@@H](O)[C@@H](O[C@@H]([C@@H]1O)[C@@H](CO)O2)O[C@@H]8CO)O[C@@H]7CO)O[C@@H]6CO)O[C@@H]5CO)O[C@@H]4CO)O[C@@H]3CO. The topological polar surface area (TPSA) is 569 Å². The molecular weight excluding hydrogens is 1100 g/mol. The van der Waals surface area contributed by atoms with Gasteiger partial charge in [0.25, 0.3) is 0 Å². The van der Waals surface area contributed by atoms with Crippen molar-refractivity contribution in [3.05, 3.63) is 0 Å². The molecule has 0 aromatic rings. The van der Waals surface area contributed by atoms with E-state index in [-0.39, 0.29) is 13.2 Å². The van der Waals surface area contributed by atoms with Crippen LogP contribution in [-0.4, -0.2) is 376 Å². The lowest BCUT2D eigenvalue weighted by molar-refractivity contribution is -0.398. The van der Waals surface area contributed by atoms with Gasteiger partial charge in [0.2, 0.25) is 0 Å². The summed E-state index contributed by atoms with van der Waals surface area (Å²) in [4.78, 5) is 0. The largest absolute Gasteiger partial charge is 0.394 e. The van der Waals surface area contributed by atoms with Crippen LogP contribution in [0.5, 0.6) is 0 Å². The highest BCUT2D eigenvalue weighted by molar-refractivity contribution is 5.02. The second-order valence-electron chi connectivity index (χ2n) is 20.3. The quantitative estimate of drug-likeness (QED) is 0.0966. The molecule has 0 amide bonds. The van der Waals surface area contributed by atoms with Gasteiger partial charge in [0.15, 0.2) is 44.0 Å². The summed E-state index contributed by atoms with van der Waals surface area (Å²) in [6, 6.07) is 0. The molecule has 15 rings (SSSR count). The van der Waals surface area contributed by atoms with E-state index in [0.29, 0.717) is 0 Å². The predicted molar refractivity (Wildman–Crippen MR) is 241 cm³/mol. The zero-order chi connectivity index (χ0) is 58.2. The molecular formula is C44H75NO35. The second-order valence-corrected chi connectivity index (χ2v) is 20.3. The van der Waals surface area contributed by atoms with E-state index in [1.807, 2.05) is 0 Å². The van der Waals surface area contributed by atoms with E-state index in [0.717, 1.165) is 0 Å². The molecule has 0 aliphatic carbocycles. The summed E-state index contributed by atoms with van der Waals surface area (Å²) < 4.78 is 86.5. The first kappa shape index (κ1) is 64.6. The molecule has 0 saturated carbocycles. The van der Waals surface area contributed by atoms with E-state index in [4.69, 9.17) is 76.8 Å². The third-order valence-corrected chi connectivity index (χ3v) is 15.2. The van der Waals surface area contributed by atoms with E-state index < -0.39 is 261 Å². The van der Waals surface area contributed by atoms with Gasteiger partial charge in [0.05, 0.1) is 52.9 Å². The summed E-state index contributed by atoms with van der Waals surface area (Å²) in [6.45, 7) is -7.75. The van der Waals surface area contributed by atoms with Gasteiger partial charge in [-0.3, -0.25) is 0 Å². The molecule has 14 bridgehead atoms. The highest BCUT2D eigenvalue weighted by atomic mass is 16.8. The van der Waals surface area contributed by atoms with Crippen LogP contribution in [0.1, 0.15) is 0 Å². The highest BCUT2D eigenvalue weighted by Crippen LogP contribution is 2.39. The Labute approximate surface area is 452 Å². The van der Waals surface area contributed by atoms with Gasteiger partial charge in [-0.15, -0.1) is 0 Å². The number of fused-ring (bicyclic) bond motifs is 7. The van der Waals surface area contributed by atoms with Crippen molar-refractivity contribution in [1.82, 2.24) is 0 Å². The van der Waals surface area contributed by atoms with Crippen LogP contribution in [0.4, 0.5) is 0 Å². The summed E-state index contributed by atoms with van der Waals surface area (Å²) >= 11 is 0. The average molecular weight is 1180 g/mol. The van der Waals surface area contributed by atoms with Crippen molar-refractivity contribution in [2.45, 2.75) is 215 Å². The molecule has 466 valence electrons. The van der Waals surface area contributed by atoms with Gasteiger partial charge in [0.1, 0.15) is 171 Å². The molecule has 22 N–H and O–H groups in total. The number of ether oxygens (including phenoxy) is 15. The van der Waals surface area contributed by atoms with Crippen molar-refractivity contribution < 1.29 is 173 Å². The standard InChI is InChI=1S/C44H75NO35/c45-1-2-66-37-29(65)36-16(9-52)73-44(37)80-35-15(8-51)72-42(28(64)22(35)58)78-33-13(6-49)70-40(26(62)20(33)56)76-31-11(4-47)68-38(24(60)18(31)54)74-30-10(3-46)67-39(23(59)17(30)53)75-32-12(5-48)69-41(25(61)19(32)55)77-34-14(7-50)71-43(79-36)27(63)21(34)57/h10-44,46-65H,1-9,45H2/t10-,11-,12-,13-,14-,15-,16-,17-,18+,19-,20+,21-,22+,23-,24+,25-,26+,27-,28+,29+,30-,31-,32-,33-,34-,35-,36-,37-,38-,39-,40-,41-,42-,43-,44-/m1/s1. The van der Waals surface area contributed by atoms with Crippen molar-refractivity contribution >= 4 is 0 Å². The molecule has 15 heterocycles. The third-order valence-electron chi connectivity index (χ3n) is 15.2. The maximum atomic E-state index is 11.8. The number of rotatable bonds is 10. The molecule has 15 saturated heterocycles. The van der Waals surface area contributed by atoms with Crippen LogP contribution >= 0.6 is 0 Å². The van der Waals surface area contributed by atoms with Gasteiger partial charge in [-0.2, -0.15) is 0 Å². The second kappa shape index (κ2) is 27.9. The van der Waals surface area contributed by atoms with Crippen LogP contribution in [-0.2, 0) is 71.1 Å². The number of hydrogen-bond acceptors (Lipinski definition) is 36. The van der Waals surface area contributed by atoms with Crippen molar-refractivity contribution in [2.75, 3.05) is 59.4 Å². The lowest BCUT2D eigenvalue weighted by Gasteiger charge is -2.50. The maximum absolute atomic E-state index is 11.8. The Hall–Kier alpha value is -1.44. The minimum Gasteiger partial charge on any atom is -0.394 e. The Morgan fingerprint density at radius 2 is 0.412 bits per heavy atom. The minimum absolute atomic E-state index is 0.184. The summed E-state index contributed by atoms with van der Waals surface area (Å²) in [5, 5.41) is 221. The monoisotopic (exact) mass is 1180 g/mol. The van der Waals surface area contributed by atoms with Crippen LogP contribution < -0.4 is 5.73 Å². The summed E-state index contributed by atoms with van der Waals surface area (Å²) in [5.41, 5.74) is 5.68. The molecule has 0 aromatic heterocycles. The summed E-state index contributed by atoms with van der Waals surface area (Å²) in [6.07, 6.45) is -69.0. The van der Waals surface area contributed by atoms with Gasteiger partial charge in [-0.05, 0) is 0 Å². The first-order valence-corrected chi connectivity index (χ1v) is 25.8. The molecule has 15 fully saturated rings. The van der Waals surface area contributed by atoms with Gasteiger partial charge >= 0.3 is 0 Å². The molecule has 0 unspecified atom stereocenters. The minimum atomic E-state index is -2.21. The smallest absolute Gasteiger partial charge is 0.187 e. The third kappa shape index (κ3) is 12.8. The van der Waals surface area contributed by atoms with Crippen LogP contribution in [0.2, 0.25) is 0 Å². The molecule has 36 heteroatoms. The Kier molecular flexibility index (Phi) is 22.5. The number of nitrogens with two attached hydrogens (primary N) is 1. The molecule has 0 aromatic carbocycles. The van der Waals surface area contributed by atoms with Crippen molar-refractivity contribution in [1.29, 1.82) is 0 Å². The Morgan fingerprint density at radius 3 is 0.600 bits per heavy atom. The zero-order valence-corrected chi connectivity index (χ0v) is 42.2. The molecule has 80 heavy (non-hydrogen) atoms. The zero-order valence-electron chi connectivity index (χ0n) is 42.2. The van der Waals surface area contributed by atoms with E-state index >= 15 is 0 Å². The lowest BCUT2D eigenvalue weighted by atomic mass is 9.95. The number of aliphatic hydroxyl groups excluding tert-OH is 20. The van der Waals surface area contributed by atoms with E-state index in [9.17, 15) is 102 Å². The fourth-order valence-corrected chi connectivity index (χ4v) is 10.8. The van der Waals surface area contributed by atoms with Crippen molar-refractivity contribution in [3.63, 3.8) is 0 Å². The molecule has 36 nitrogen and oxygen atoms in total. The van der Waals surface area contributed by atoms with Crippen molar-refractivity contribution in [3.8, 4) is 0 Å². The van der Waals surface area contributed by atoms with E-state index in [2.05, 4.69) is 0 Å². The molecule has 0 spiro atoms. The first-order chi connectivity index (χ1) is 38.2. The van der Waals surface area contributed by atoms with Crippen LogP contribution in [0, 0.1) is 0 Å². The van der Waals surface area contributed by atoms with E-state index in [1.54, 1.807) is 0 Å². The first-order valence-electron chi connectivity index (χ1n) is 25.8. The fraction of sp³-hybridized carbons (Fsp3) is 1.00. The number of hydrogen-bond donors (Lipinski definition) is 21. The van der Waals surface area contributed by atoms with Crippen molar-refractivity contribution in [2.24, 2.45) is 5.73 Å². The highest BCUT2D eigenvalue weighted by Gasteiger charge is 2.60. The molecule has 15 aliphatic heterocycles. The fourth-order valence-electron chi connectivity index (χ4n) is 10.8.